The molecular formula is C41H45ClN10O7. The Balaban J connectivity index is 0.840. The molecule has 4 aliphatic heterocycles. The largest absolute Gasteiger partial charge is 0.478 e. The van der Waals surface area contributed by atoms with Crippen molar-refractivity contribution in [3.63, 3.8) is 0 Å². The molecule has 308 valence electrons. The van der Waals surface area contributed by atoms with Crippen molar-refractivity contribution in [1.82, 2.24) is 35.0 Å². The molecule has 0 bridgehead atoms. The van der Waals surface area contributed by atoms with Gasteiger partial charge in [-0.2, -0.15) is 4.98 Å². The maximum Gasteiger partial charge on any atom is 0.293 e. The van der Waals surface area contributed by atoms with Crippen LogP contribution in [0.25, 0.3) is 10.9 Å². The Labute approximate surface area is 344 Å². The van der Waals surface area contributed by atoms with Crippen molar-refractivity contribution in [3.05, 3.63) is 75.2 Å². The van der Waals surface area contributed by atoms with E-state index in [9.17, 15) is 28.8 Å². The molecule has 0 radical (unpaired) electrons. The van der Waals surface area contributed by atoms with E-state index in [0.717, 1.165) is 74.6 Å². The molecule has 0 saturated carbocycles. The van der Waals surface area contributed by atoms with Crippen molar-refractivity contribution in [3.8, 4) is 5.75 Å². The van der Waals surface area contributed by atoms with E-state index in [4.69, 9.17) is 21.3 Å². The summed E-state index contributed by atoms with van der Waals surface area (Å²) < 4.78 is 7.04. The Morgan fingerprint density at radius 1 is 0.915 bits per heavy atom. The highest BCUT2D eigenvalue weighted by molar-refractivity contribution is 6.33. The molecule has 2 aromatic carbocycles. The zero-order valence-corrected chi connectivity index (χ0v) is 33.6. The number of fused-ring (bicyclic) bond motifs is 2. The summed E-state index contributed by atoms with van der Waals surface area (Å²) in [6.07, 6.45) is 3.76. The zero-order valence-electron chi connectivity index (χ0n) is 32.8. The molecule has 3 fully saturated rings. The van der Waals surface area contributed by atoms with Crippen molar-refractivity contribution in [2.75, 3.05) is 74.1 Å². The van der Waals surface area contributed by atoms with Crippen LogP contribution in [-0.4, -0.2) is 119 Å². The van der Waals surface area contributed by atoms with E-state index in [-0.39, 0.29) is 47.8 Å². The van der Waals surface area contributed by atoms with Crippen LogP contribution in [0.4, 0.5) is 23.1 Å². The van der Waals surface area contributed by atoms with E-state index >= 15 is 0 Å². The summed E-state index contributed by atoms with van der Waals surface area (Å²) >= 11 is 6.56. The molecule has 1 unspecified atom stereocenters. The Bertz CT molecular complexity index is 2410. The fourth-order valence-electron chi connectivity index (χ4n) is 8.29. The zero-order chi connectivity index (χ0) is 41.4. The number of imide groups is 2. The molecule has 5 amide bonds. The fourth-order valence-corrected chi connectivity index (χ4v) is 8.42. The monoisotopic (exact) mass is 824 g/mol. The van der Waals surface area contributed by atoms with Crippen LogP contribution in [0.15, 0.2) is 53.5 Å². The fraction of sp³-hybridized carbons (Fsp3) is 0.415. The highest BCUT2D eigenvalue weighted by atomic mass is 35.5. The maximum absolute atomic E-state index is 13.3. The molecule has 3 N–H and O–H groups in total. The normalized spacial score (nSPS) is 19.0. The number of hydrogen-bond acceptors (Lipinski definition) is 13. The van der Waals surface area contributed by atoms with E-state index in [1.54, 1.807) is 31.4 Å². The number of aryl methyl sites for hydroxylation is 1. The van der Waals surface area contributed by atoms with Gasteiger partial charge in [-0.1, -0.05) is 11.6 Å². The Morgan fingerprint density at radius 2 is 1.68 bits per heavy atom. The topological polar surface area (TPSA) is 191 Å². The van der Waals surface area contributed by atoms with Gasteiger partial charge in [-0.05, 0) is 74.6 Å². The van der Waals surface area contributed by atoms with E-state index in [1.165, 1.54) is 4.57 Å². The first-order valence-electron chi connectivity index (χ1n) is 19.9. The summed E-state index contributed by atoms with van der Waals surface area (Å²) in [5.41, 5.74) is 2.49. The number of aromatic nitrogens is 3. The van der Waals surface area contributed by atoms with E-state index < -0.39 is 29.7 Å². The average Bonchev–Trinajstić information content (AvgIpc) is 3.48. The van der Waals surface area contributed by atoms with Crippen molar-refractivity contribution >= 4 is 75.2 Å². The van der Waals surface area contributed by atoms with Gasteiger partial charge in [0, 0.05) is 82.6 Å². The first kappa shape index (κ1) is 39.7. The predicted molar refractivity (Wildman–Crippen MR) is 220 cm³/mol. The standard InChI is InChI=1S/C41H45ClN10O7/c1-3-43-35(54)23-59-33-19-25-18-26(4-7-31(25)48(2)40(33)58)45-36-30(42)21-44-41(47-36)51-12-10-24(11-13-51)22-49-14-16-50(17-15-49)27-5-6-28-29(20-27)39(57)52(38(28)56)32-8-9-34(53)46-37(32)55/h4-7,18-21,24,32H,3,8-17,22-23H2,1-2H3,(H,43,54)(H,44,45,47)(H,46,53,55). The second-order valence-corrected chi connectivity index (χ2v) is 15.7. The molecule has 1 atom stereocenters. The SMILES string of the molecule is CCNC(=O)COc1cc2cc(Nc3nc(N4CCC(CN5CCN(c6ccc7c(c6)C(=O)N(C6CCC(=O)NC6=O)C7=O)CC5)CC4)ncc3Cl)ccc2n(C)c1=O. The average molecular weight is 825 g/mol. The molecular weight excluding hydrogens is 780 g/mol. The quantitative estimate of drug-likeness (QED) is 0.187. The van der Waals surface area contributed by atoms with Gasteiger partial charge in [0.2, 0.25) is 17.8 Å². The first-order chi connectivity index (χ1) is 28.5. The molecule has 3 saturated heterocycles. The summed E-state index contributed by atoms with van der Waals surface area (Å²) in [6.45, 7) is 7.84. The number of carbonyl (C=O) groups is 5. The minimum atomic E-state index is -0.987. The Kier molecular flexibility index (Phi) is 11.2. The number of benzene rings is 2. The van der Waals surface area contributed by atoms with Crippen LogP contribution in [0.1, 0.15) is 53.3 Å². The number of nitrogens with one attached hydrogen (secondary N) is 3. The highest BCUT2D eigenvalue weighted by Crippen LogP contribution is 2.32. The minimum absolute atomic E-state index is 0.0765. The smallest absolute Gasteiger partial charge is 0.293 e. The van der Waals surface area contributed by atoms with Crippen molar-refractivity contribution in [2.24, 2.45) is 13.0 Å². The van der Waals surface area contributed by atoms with Crippen molar-refractivity contribution < 1.29 is 28.7 Å². The summed E-state index contributed by atoms with van der Waals surface area (Å²) in [5, 5.41) is 9.29. The van der Waals surface area contributed by atoms with Gasteiger partial charge in [0.05, 0.1) is 22.8 Å². The van der Waals surface area contributed by atoms with Gasteiger partial charge < -0.3 is 29.7 Å². The van der Waals surface area contributed by atoms with Crippen LogP contribution >= 0.6 is 11.6 Å². The summed E-state index contributed by atoms with van der Waals surface area (Å²) in [5.74, 6) is -0.703. The maximum atomic E-state index is 13.3. The number of halogens is 1. The molecule has 8 rings (SSSR count). The third-order valence-electron chi connectivity index (χ3n) is 11.5. The predicted octanol–water partition coefficient (Wildman–Crippen LogP) is 2.68. The lowest BCUT2D eigenvalue weighted by molar-refractivity contribution is -0.136. The van der Waals surface area contributed by atoms with E-state index in [1.807, 2.05) is 31.2 Å². The van der Waals surface area contributed by atoms with Gasteiger partial charge >= 0.3 is 0 Å². The molecule has 6 heterocycles. The number of anilines is 4. The highest BCUT2D eigenvalue weighted by Gasteiger charge is 2.45. The second kappa shape index (κ2) is 16.7. The van der Waals surface area contributed by atoms with Crippen LogP contribution < -0.4 is 36.0 Å². The lowest BCUT2D eigenvalue weighted by atomic mass is 9.96. The van der Waals surface area contributed by atoms with Crippen molar-refractivity contribution in [2.45, 2.75) is 38.6 Å². The number of hydrogen-bond donors (Lipinski definition) is 3. The van der Waals surface area contributed by atoms with Gasteiger partial charge in [0.25, 0.3) is 23.3 Å². The van der Waals surface area contributed by atoms with Gasteiger partial charge in [0.15, 0.2) is 18.2 Å². The molecule has 2 aromatic heterocycles. The summed E-state index contributed by atoms with van der Waals surface area (Å²) in [6, 6.07) is 11.5. The summed E-state index contributed by atoms with van der Waals surface area (Å²) in [7, 11) is 1.66. The number of pyridine rings is 1. The second-order valence-electron chi connectivity index (χ2n) is 15.3. The number of amides is 5. The molecule has 59 heavy (non-hydrogen) atoms. The van der Waals surface area contributed by atoms with E-state index in [2.05, 4.69) is 35.6 Å². The Hall–Kier alpha value is -6.07. The lowest BCUT2D eigenvalue weighted by Gasteiger charge is -2.39. The first-order valence-corrected chi connectivity index (χ1v) is 20.3. The molecule has 18 heteroatoms. The van der Waals surface area contributed by atoms with Gasteiger partial charge in [-0.25, -0.2) is 4.98 Å². The van der Waals surface area contributed by atoms with Gasteiger partial charge in [-0.15, -0.1) is 0 Å². The molecule has 0 spiro atoms. The minimum Gasteiger partial charge on any atom is -0.478 e. The third kappa shape index (κ3) is 8.16. The van der Waals surface area contributed by atoms with Crippen LogP contribution in [0, 0.1) is 5.92 Å². The number of ether oxygens (including phenoxy) is 1. The Morgan fingerprint density at radius 3 is 2.42 bits per heavy atom. The number of piperazine rings is 1. The van der Waals surface area contributed by atoms with Crippen LogP contribution in [-0.2, 0) is 21.4 Å². The molecule has 4 aromatic rings. The number of likely N-dealkylation sites (N-methyl/N-ethyl adjacent to an activating group) is 1. The number of rotatable bonds is 11. The number of nitrogens with zero attached hydrogens (tertiary/aromatic N) is 7. The van der Waals surface area contributed by atoms with Crippen LogP contribution in [0.5, 0.6) is 5.75 Å². The lowest BCUT2D eigenvalue weighted by Crippen LogP contribution is -2.54. The van der Waals surface area contributed by atoms with E-state index in [0.29, 0.717) is 40.5 Å². The van der Waals surface area contributed by atoms with Crippen LogP contribution in [0.2, 0.25) is 5.02 Å². The summed E-state index contributed by atoms with van der Waals surface area (Å²) in [4.78, 5) is 92.5. The molecule has 0 aliphatic carbocycles. The molecule has 17 nitrogen and oxygen atoms in total. The van der Waals surface area contributed by atoms with Gasteiger partial charge in [-0.3, -0.25) is 43.9 Å². The molecule has 4 aliphatic rings. The van der Waals surface area contributed by atoms with Crippen LogP contribution in [0.3, 0.4) is 0 Å². The van der Waals surface area contributed by atoms with Gasteiger partial charge in [0.1, 0.15) is 11.1 Å². The third-order valence-corrected chi connectivity index (χ3v) is 11.8. The number of piperidine rings is 2. The number of carbonyl (C=O) groups excluding carboxylic acids is 5. The van der Waals surface area contributed by atoms with Crippen molar-refractivity contribution in [1.29, 1.82) is 0 Å².